The Morgan fingerprint density at radius 1 is 1.22 bits per heavy atom. The van der Waals surface area contributed by atoms with Gasteiger partial charge in [-0.25, -0.2) is 0 Å². The van der Waals surface area contributed by atoms with Crippen molar-refractivity contribution in [1.29, 1.82) is 0 Å². The molecule has 1 aromatic carbocycles. The molecular weight excluding hydrogens is 342 g/mol. The smallest absolute Gasteiger partial charge is 0.287 e. The Morgan fingerprint density at radius 2 is 2.07 bits per heavy atom. The van der Waals surface area contributed by atoms with Gasteiger partial charge in [-0.2, -0.15) is 0 Å². The number of benzene rings is 1. The highest BCUT2D eigenvalue weighted by Crippen LogP contribution is 2.32. The molecule has 142 valence electrons. The first kappa shape index (κ1) is 17.8. The normalized spacial score (nSPS) is 26.6. The molecule has 1 aromatic heterocycles. The van der Waals surface area contributed by atoms with E-state index in [1.807, 2.05) is 24.3 Å². The van der Waals surface area contributed by atoms with Crippen LogP contribution < -0.4 is 10.6 Å². The van der Waals surface area contributed by atoms with Gasteiger partial charge in [-0.15, -0.1) is 0 Å². The monoisotopic (exact) mass is 367 g/mol. The average Bonchev–Trinajstić information content (AvgIpc) is 3.13. The lowest BCUT2D eigenvalue weighted by Gasteiger charge is -2.48. The summed E-state index contributed by atoms with van der Waals surface area (Å²) in [4.78, 5) is 26.3. The fourth-order valence-corrected chi connectivity index (χ4v) is 4.27. The van der Waals surface area contributed by atoms with Crippen molar-refractivity contribution in [3.05, 3.63) is 42.2 Å². The van der Waals surface area contributed by atoms with Gasteiger partial charge in [0.05, 0.1) is 0 Å². The van der Waals surface area contributed by atoms with Crippen LogP contribution in [0.25, 0.3) is 11.3 Å². The fraction of sp³-hybridized carbons (Fsp3) is 0.429. The largest absolute Gasteiger partial charge is 0.451 e. The van der Waals surface area contributed by atoms with Crippen molar-refractivity contribution in [3.63, 3.8) is 0 Å². The molecule has 0 saturated carbocycles. The molecule has 0 spiro atoms. The molecule has 4 heterocycles. The number of rotatable bonds is 4. The quantitative estimate of drug-likeness (QED) is 0.871. The minimum atomic E-state index is -0.161. The Labute approximate surface area is 158 Å². The first-order chi connectivity index (χ1) is 13.0. The van der Waals surface area contributed by atoms with Crippen LogP contribution in [0.15, 0.2) is 40.8 Å². The number of fused-ring (bicyclic) bond motifs is 3. The molecule has 4 atom stereocenters. The zero-order valence-electron chi connectivity index (χ0n) is 15.7. The minimum absolute atomic E-state index is 0.126. The average molecular weight is 367 g/mol. The standard InChI is InChI=1S/C21H25N3O3/c1-13-10-15-8-9-24(13)12-18(15)23-21(26)20-7-6-19(27-20)16-4-3-5-17(11-16)22-14(2)25/h3-7,11,13,15,18H,8-10,12H2,1-2H3,(H,22,25)(H,23,26)/t13?,15?,18-/m0/s1. The first-order valence-corrected chi connectivity index (χ1v) is 9.52. The van der Waals surface area contributed by atoms with Gasteiger partial charge >= 0.3 is 0 Å². The number of piperidine rings is 3. The molecule has 5 rings (SSSR count). The second-order valence-electron chi connectivity index (χ2n) is 7.63. The highest BCUT2D eigenvalue weighted by Gasteiger charge is 2.39. The van der Waals surface area contributed by atoms with Gasteiger partial charge in [0.1, 0.15) is 5.76 Å². The fourth-order valence-electron chi connectivity index (χ4n) is 4.27. The van der Waals surface area contributed by atoms with Gasteiger partial charge in [-0.3, -0.25) is 14.5 Å². The van der Waals surface area contributed by atoms with E-state index in [2.05, 4.69) is 22.5 Å². The molecule has 0 radical (unpaired) electrons. The Balaban J connectivity index is 1.45. The Hall–Kier alpha value is -2.60. The summed E-state index contributed by atoms with van der Waals surface area (Å²) < 4.78 is 5.80. The van der Waals surface area contributed by atoms with E-state index in [0.29, 0.717) is 29.2 Å². The number of anilines is 1. The van der Waals surface area contributed by atoms with Crippen molar-refractivity contribution in [3.8, 4) is 11.3 Å². The second kappa shape index (κ2) is 7.19. The van der Waals surface area contributed by atoms with Crippen molar-refractivity contribution in [2.45, 2.75) is 38.8 Å². The van der Waals surface area contributed by atoms with E-state index in [4.69, 9.17) is 4.42 Å². The maximum Gasteiger partial charge on any atom is 0.287 e. The summed E-state index contributed by atoms with van der Waals surface area (Å²) >= 11 is 0. The van der Waals surface area contributed by atoms with Crippen LogP contribution in [0.5, 0.6) is 0 Å². The van der Waals surface area contributed by atoms with Crippen LogP contribution in [-0.2, 0) is 4.79 Å². The molecule has 3 fully saturated rings. The van der Waals surface area contributed by atoms with Gasteiger partial charge < -0.3 is 15.1 Å². The Morgan fingerprint density at radius 3 is 2.78 bits per heavy atom. The van der Waals surface area contributed by atoms with Crippen LogP contribution in [0, 0.1) is 5.92 Å². The molecule has 6 heteroatoms. The van der Waals surface area contributed by atoms with Gasteiger partial charge in [0.25, 0.3) is 5.91 Å². The van der Waals surface area contributed by atoms with E-state index in [-0.39, 0.29) is 17.9 Å². The maximum atomic E-state index is 12.6. The van der Waals surface area contributed by atoms with E-state index in [9.17, 15) is 9.59 Å². The minimum Gasteiger partial charge on any atom is -0.451 e. The third-order valence-electron chi connectivity index (χ3n) is 5.67. The Bertz CT molecular complexity index is 860. The number of nitrogens with zero attached hydrogens (tertiary/aromatic N) is 1. The topological polar surface area (TPSA) is 74.6 Å². The molecule has 2 aromatic rings. The van der Waals surface area contributed by atoms with Crippen molar-refractivity contribution in [2.75, 3.05) is 18.4 Å². The second-order valence-corrected chi connectivity index (χ2v) is 7.63. The summed E-state index contributed by atoms with van der Waals surface area (Å²) in [6.45, 7) is 5.78. The SMILES string of the molecule is CC(=O)Nc1cccc(-c2ccc(C(=O)N[C@H]3CN4CCC3CC4C)o2)c1. The third-order valence-corrected chi connectivity index (χ3v) is 5.67. The molecule has 3 aliphatic rings. The molecule has 0 aliphatic carbocycles. The molecule has 3 saturated heterocycles. The van der Waals surface area contributed by atoms with Gasteiger partial charge in [0.15, 0.2) is 5.76 Å². The molecule has 2 bridgehead atoms. The van der Waals surface area contributed by atoms with Crippen LogP contribution in [-0.4, -0.2) is 41.9 Å². The lowest BCUT2D eigenvalue weighted by atomic mass is 9.80. The van der Waals surface area contributed by atoms with E-state index in [0.717, 1.165) is 31.5 Å². The van der Waals surface area contributed by atoms with Crippen LogP contribution >= 0.6 is 0 Å². The molecule has 3 aliphatic heterocycles. The number of hydrogen-bond acceptors (Lipinski definition) is 4. The van der Waals surface area contributed by atoms with Gasteiger partial charge in [-0.05, 0) is 56.5 Å². The van der Waals surface area contributed by atoms with Crippen molar-refractivity contribution >= 4 is 17.5 Å². The van der Waals surface area contributed by atoms with Crippen LogP contribution in [0.1, 0.15) is 37.2 Å². The third kappa shape index (κ3) is 3.76. The van der Waals surface area contributed by atoms with Gasteiger partial charge in [0, 0.05) is 36.8 Å². The summed E-state index contributed by atoms with van der Waals surface area (Å²) in [5, 5.41) is 5.91. The lowest BCUT2D eigenvalue weighted by Crippen LogP contribution is -2.60. The van der Waals surface area contributed by atoms with Crippen LogP contribution in [0.4, 0.5) is 5.69 Å². The summed E-state index contributed by atoms with van der Waals surface area (Å²) in [6, 6.07) is 11.7. The van der Waals surface area contributed by atoms with Crippen molar-refractivity contribution in [2.24, 2.45) is 5.92 Å². The van der Waals surface area contributed by atoms with E-state index < -0.39 is 0 Å². The molecule has 2 amide bonds. The van der Waals surface area contributed by atoms with E-state index in [1.54, 1.807) is 12.1 Å². The number of carbonyl (C=O) groups is 2. The van der Waals surface area contributed by atoms with Gasteiger partial charge in [0.2, 0.25) is 5.91 Å². The predicted molar refractivity (Wildman–Crippen MR) is 103 cm³/mol. The van der Waals surface area contributed by atoms with E-state index >= 15 is 0 Å². The maximum absolute atomic E-state index is 12.6. The number of furan rings is 1. The number of hydrogen-bond donors (Lipinski definition) is 2. The molecule has 2 N–H and O–H groups in total. The van der Waals surface area contributed by atoms with Crippen LogP contribution in [0.3, 0.4) is 0 Å². The summed E-state index contributed by atoms with van der Waals surface area (Å²) in [5.74, 6) is 1.19. The van der Waals surface area contributed by atoms with Crippen molar-refractivity contribution in [1.82, 2.24) is 10.2 Å². The lowest BCUT2D eigenvalue weighted by molar-refractivity contribution is -0.114. The number of carbonyl (C=O) groups excluding carboxylic acids is 2. The summed E-state index contributed by atoms with van der Waals surface area (Å²) in [7, 11) is 0. The number of nitrogens with one attached hydrogen (secondary N) is 2. The highest BCUT2D eigenvalue weighted by molar-refractivity contribution is 5.92. The molecular formula is C21H25N3O3. The van der Waals surface area contributed by atoms with Crippen molar-refractivity contribution < 1.29 is 14.0 Å². The predicted octanol–water partition coefficient (Wildman–Crippen LogP) is 3.12. The summed E-state index contributed by atoms with van der Waals surface area (Å²) in [5.41, 5.74) is 1.51. The molecule has 3 unspecified atom stereocenters. The summed E-state index contributed by atoms with van der Waals surface area (Å²) in [6.07, 6.45) is 2.29. The van der Waals surface area contributed by atoms with Crippen LogP contribution in [0.2, 0.25) is 0 Å². The van der Waals surface area contributed by atoms with Gasteiger partial charge in [-0.1, -0.05) is 12.1 Å². The molecule has 27 heavy (non-hydrogen) atoms. The number of amides is 2. The zero-order chi connectivity index (χ0) is 19.0. The first-order valence-electron chi connectivity index (χ1n) is 9.52. The Kier molecular flexibility index (Phi) is 4.74. The highest BCUT2D eigenvalue weighted by atomic mass is 16.3. The van der Waals surface area contributed by atoms with E-state index in [1.165, 1.54) is 6.92 Å². The zero-order valence-corrected chi connectivity index (χ0v) is 15.7. The molecule has 6 nitrogen and oxygen atoms in total.